The highest BCUT2D eigenvalue weighted by Gasteiger charge is 2.20. The molecule has 0 radical (unpaired) electrons. The first-order chi connectivity index (χ1) is 13.6. The Morgan fingerprint density at radius 1 is 1.07 bits per heavy atom. The van der Waals surface area contributed by atoms with Crippen molar-refractivity contribution >= 4 is 23.2 Å². The van der Waals surface area contributed by atoms with E-state index in [4.69, 9.17) is 5.73 Å². The lowest BCUT2D eigenvalue weighted by Gasteiger charge is -2.30. The minimum Gasteiger partial charge on any atom is -0.393 e. The SMILES string of the molecule is Nc1c(NNC(=O)c2ccc(F)cc2)ncnc1N1CCc2ccccc2C1. The lowest BCUT2D eigenvalue weighted by atomic mass is 10.00. The number of carbonyl (C=O) groups excluding carboxylic acids is 1. The van der Waals surface area contributed by atoms with Crippen molar-refractivity contribution in [3.05, 3.63) is 77.4 Å². The Hall–Kier alpha value is -3.68. The smallest absolute Gasteiger partial charge is 0.269 e. The topological polar surface area (TPSA) is 96.2 Å². The predicted molar refractivity (Wildman–Crippen MR) is 105 cm³/mol. The molecule has 0 aliphatic carbocycles. The summed E-state index contributed by atoms with van der Waals surface area (Å²) < 4.78 is 13.0. The number of fused-ring (bicyclic) bond motifs is 1. The number of benzene rings is 2. The monoisotopic (exact) mass is 378 g/mol. The highest BCUT2D eigenvalue weighted by molar-refractivity contribution is 5.95. The van der Waals surface area contributed by atoms with Gasteiger partial charge < -0.3 is 10.6 Å². The minimum atomic E-state index is -0.425. The summed E-state index contributed by atoms with van der Waals surface area (Å²) in [4.78, 5) is 22.7. The molecule has 0 saturated heterocycles. The van der Waals surface area contributed by atoms with Gasteiger partial charge in [0.25, 0.3) is 5.91 Å². The molecular weight excluding hydrogens is 359 g/mol. The molecule has 4 N–H and O–H groups in total. The molecule has 0 fully saturated rings. The maximum atomic E-state index is 13.0. The fourth-order valence-electron chi connectivity index (χ4n) is 3.20. The Kier molecular flexibility index (Phi) is 4.76. The van der Waals surface area contributed by atoms with Gasteiger partial charge in [0.2, 0.25) is 0 Å². The van der Waals surface area contributed by atoms with Crippen molar-refractivity contribution in [2.24, 2.45) is 0 Å². The van der Waals surface area contributed by atoms with E-state index in [0.29, 0.717) is 29.4 Å². The fourth-order valence-corrected chi connectivity index (χ4v) is 3.20. The number of hydrogen-bond donors (Lipinski definition) is 3. The summed E-state index contributed by atoms with van der Waals surface area (Å²) in [7, 11) is 0. The Morgan fingerprint density at radius 3 is 2.61 bits per heavy atom. The number of nitrogen functional groups attached to an aromatic ring is 1. The molecule has 0 spiro atoms. The Balaban J connectivity index is 1.48. The molecule has 0 unspecified atom stereocenters. The quantitative estimate of drug-likeness (QED) is 0.604. The summed E-state index contributed by atoms with van der Waals surface area (Å²) in [5, 5.41) is 0. The number of halogens is 1. The minimum absolute atomic E-state index is 0.305. The third-order valence-corrected chi connectivity index (χ3v) is 4.69. The van der Waals surface area contributed by atoms with Gasteiger partial charge in [-0.15, -0.1) is 0 Å². The van der Waals surface area contributed by atoms with Crippen molar-refractivity contribution in [2.45, 2.75) is 13.0 Å². The van der Waals surface area contributed by atoms with Crippen LogP contribution in [0.15, 0.2) is 54.9 Å². The van der Waals surface area contributed by atoms with E-state index in [0.717, 1.165) is 13.0 Å². The van der Waals surface area contributed by atoms with Crippen LogP contribution in [-0.4, -0.2) is 22.4 Å². The average molecular weight is 378 g/mol. The number of nitrogens with two attached hydrogens (primary N) is 1. The standard InChI is InChI=1S/C20H19FN6O/c21-16-7-5-14(6-8-16)20(28)26-25-18-17(22)19(24-12-23-18)27-10-9-13-3-1-2-4-15(13)11-27/h1-8,12H,9-11,22H2,(H,26,28)(H,23,24,25). The molecular formula is C20H19FN6O. The summed E-state index contributed by atoms with van der Waals surface area (Å²) in [6.45, 7) is 1.50. The van der Waals surface area contributed by atoms with Crippen molar-refractivity contribution in [1.29, 1.82) is 0 Å². The molecule has 1 aliphatic heterocycles. The van der Waals surface area contributed by atoms with Gasteiger partial charge in [0, 0.05) is 18.7 Å². The van der Waals surface area contributed by atoms with Gasteiger partial charge in [0.05, 0.1) is 0 Å². The number of carbonyl (C=O) groups is 1. The lowest BCUT2D eigenvalue weighted by molar-refractivity contribution is 0.0962. The van der Waals surface area contributed by atoms with E-state index in [1.807, 2.05) is 12.1 Å². The van der Waals surface area contributed by atoms with Crippen LogP contribution in [0.3, 0.4) is 0 Å². The largest absolute Gasteiger partial charge is 0.393 e. The summed E-state index contributed by atoms with van der Waals surface area (Å²) in [5.74, 6) is 0.0890. The molecule has 2 heterocycles. The van der Waals surface area contributed by atoms with Crippen molar-refractivity contribution in [2.75, 3.05) is 22.6 Å². The highest BCUT2D eigenvalue weighted by atomic mass is 19.1. The van der Waals surface area contributed by atoms with Gasteiger partial charge in [-0.1, -0.05) is 24.3 Å². The number of hydrazine groups is 1. The summed E-state index contributed by atoms with van der Waals surface area (Å²) in [5.41, 5.74) is 14.7. The number of aromatic nitrogens is 2. The summed E-state index contributed by atoms with van der Waals surface area (Å²) in [6, 6.07) is 13.5. The third-order valence-electron chi connectivity index (χ3n) is 4.69. The molecule has 1 aromatic heterocycles. The second-order valence-corrected chi connectivity index (χ2v) is 6.49. The van der Waals surface area contributed by atoms with Crippen LogP contribution in [0.25, 0.3) is 0 Å². The van der Waals surface area contributed by atoms with E-state index in [1.165, 1.54) is 41.7 Å². The van der Waals surface area contributed by atoms with Crippen molar-refractivity contribution in [1.82, 2.24) is 15.4 Å². The fraction of sp³-hybridized carbons (Fsp3) is 0.150. The number of amides is 1. The number of rotatable bonds is 4. The van der Waals surface area contributed by atoms with Crippen LogP contribution in [0.1, 0.15) is 21.5 Å². The van der Waals surface area contributed by atoms with Crippen LogP contribution in [0, 0.1) is 5.82 Å². The normalized spacial score (nSPS) is 13.0. The number of hydrogen-bond acceptors (Lipinski definition) is 6. The van der Waals surface area contributed by atoms with Gasteiger partial charge in [-0.2, -0.15) is 0 Å². The van der Waals surface area contributed by atoms with Gasteiger partial charge >= 0.3 is 0 Å². The van der Waals surface area contributed by atoms with Gasteiger partial charge in [0.15, 0.2) is 11.6 Å². The van der Waals surface area contributed by atoms with Gasteiger partial charge in [-0.05, 0) is 41.8 Å². The number of nitrogens with zero attached hydrogens (tertiary/aromatic N) is 3. The van der Waals surface area contributed by atoms with E-state index in [-0.39, 0.29) is 0 Å². The van der Waals surface area contributed by atoms with E-state index in [1.54, 1.807) is 0 Å². The summed E-state index contributed by atoms with van der Waals surface area (Å²) in [6.07, 6.45) is 2.31. The third kappa shape index (κ3) is 3.57. The van der Waals surface area contributed by atoms with E-state index in [2.05, 4.69) is 37.9 Å². The first-order valence-corrected chi connectivity index (χ1v) is 8.86. The molecule has 2 aromatic carbocycles. The molecule has 4 rings (SSSR count). The zero-order valence-electron chi connectivity index (χ0n) is 15.0. The predicted octanol–water partition coefficient (Wildman–Crippen LogP) is 2.52. The van der Waals surface area contributed by atoms with Crippen LogP contribution in [-0.2, 0) is 13.0 Å². The Morgan fingerprint density at radius 2 is 1.82 bits per heavy atom. The maximum Gasteiger partial charge on any atom is 0.269 e. The zero-order chi connectivity index (χ0) is 19.5. The molecule has 0 atom stereocenters. The van der Waals surface area contributed by atoms with E-state index in [9.17, 15) is 9.18 Å². The molecule has 142 valence electrons. The van der Waals surface area contributed by atoms with Gasteiger partial charge in [0.1, 0.15) is 17.8 Å². The molecule has 0 bridgehead atoms. The van der Waals surface area contributed by atoms with Crippen LogP contribution in [0.2, 0.25) is 0 Å². The van der Waals surface area contributed by atoms with Crippen molar-refractivity contribution < 1.29 is 9.18 Å². The van der Waals surface area contributed by atoms with Crippen LogP contribution < -0.4 is 21.5 Å². The van der Waals surface area contributed by atoms with Crippen LogP contribution in [0.4, 0.5) is 21.7 Å². The lowest BCUT2D eigenvalue weighted by Crippen LogP contribution is -2.33. The molecule has 7 nitrogen and oxygen atoms in total. The summed E-state index contributed by atoms with van der Waals surface area (Å²) >= 11 is 0. The molecule has 1 aliphatic rings. The zero-order valence-corrected chi connectivity index (χ0v) is 15.0. The highest BCUT2D eigenvalue weighted by Crippen LogP contribution is 2.30. The molecule has 28 heavy (non-hydrogen) atoms. The van der Waals surface area contributed by atoms with Gasteiger partial charge in [-0.25, -0.2) is 14.4 Å². The van der Waals surface area contributed by atoms with Crippen LogP contribution >= 0.6 is 0 Å². The molecule has 0 saturated carbocycles. The maximum absolute atomic E-state index is 13.0. The van der Waals surface area contributed by atoms with Crippen molar-refractivity contribution in [3.63, 3.8) is 0 Å². The average Bonchev–Trinajstić information content (AvgIpc) is 2.73. The number of nitrogens with one attached hydrogen (secondary N) is 2. The van der Waals surface area contributed by atoms with Gasteiger partial charge in [-0.3, -0.25) is 15.6 Å². The Bertz CT molecular complexity index is 1010. The molecule has 8 heteroatoms. The molecule has 1 amide bonds. The Labute approximate surface area is 161 Å². The van der Waals surface area contributed by atoms with Crippen molar-refractivity contribution in [3.8, 4) is 0 Å². The molecule has 3 aromatic rings. The second-order valence-electron chi connectivity index (χ2n) is 6.49. The van der Waals surface area contributed by atoms with Crippen LogP contribution in [0.5, 0.6) is 0 Å². The first kappa shape index (κ1) is 17.7. The number of anilines is 3. The first-order valence-electron chi connectivity index (χ1n) is 8.86. The van der Waals surface area contributed by atoms with E-state index >= 15 is 0 Å². The van der Waals surface area contributed by atoms with E-state index < -0.39 is 11.7 Å². The second kappa shape index (κ2) is 7.51.